The van der Waals surface area contributed by atoms with Gasteiger partial charge in [-0.3, -0.25) is 15.0 Å². The summed E-state index contributed by atoms with van der Waals surface area (Å²) in [5, 5.41) is 18.5. The van der Waals surface area contributed by atoms with E-state index in [4.69, 9.17) is 10.5 Å². The molecule has 0 saturated carbocycles. The lowest BCUT2D eigenvalue weighted by molar-refractivity contribution is 0.101. The molecule has 1 amide bonds. The lowest BCUT2D eigenvalue weighted by atomic mass is 10.2. The third-order valence-corrected chi connectivity index (χ3v) is 4.18. The Hall–Kier alpha value is -3.43. The fourth-order valence-electron chi connectivity index (χ4n) is 2.10. The predicted molar refractivity (Wildman–Crippen MR) is 93.0 cm³/mol. The molecule has 0 aliphatic carbocycles. The molecule has 25 heavy (non-hydrogen) atoms. The van der Waals surface area contributed by atoms with Crippen LogP contribution >= 0.6 is 11.8 Å². The topological polar surface area (TPSA) is 134 Å². The molecule has 0 unspecified atom stereocenters. The summed E-state index contributed by atoms with van der Waals surface area (Å²) in [6.45, 7) is 0. The summed E-state index contributed by atoms with van der Waals surface area (Å²) >= 11 is 1.06. The summed E-state index contributed by atoms with van der Waals surface area (Å²) in [5.74, 6) is -0.296. The van der Waals surface area contributed by atoms with Crippen LogP contribution in [-0.2, 0) is 0 Å². The third-order valence-electron chi connectivity index (χ3n) is 3.36. The van der Waals surface area contributed by atoms with Crippen molar-refractivity contribution in [1.29, 1.82) is 10.5 Å². The number of carbonyl (C=O) groups excluding carboxylic acids is 1. The number of hydrogen-bond acceptors (Lipinski definition) is 7. The number of ether oxygens (including phenoxy) is 1. The summed E-state index contributed by atoms with van der Waals surface area (Å²) in [6, 6.07) is 9.79. The van der Waals surface area contributed by atoms with Crippen LogP contribution in [0.4, 0.5) is 5.82 Å². The maximum absolute atomic E-state index is 12.4. The number of aromatic nitrogens is 1. The van der Waals surface area contributed by atoms with Gasteiger partial charge in [-0.15, -0.1) is 11.8 Å². The van der Waals surface area contributed by atoms with E-state index in [0.717, 1.165) is 11.8 Å². The molecule has 2 aromatic rings. The van der Waals surface area contributed by atoms with Crippen molar-refractivity contribution >= 4 is 23.5 Å². The smallest absolute Gasteiger partial charge is 0.290 e. The lowest BCUT2D eigenvalue weighted by Gasteiger charge is -2.15. The Kier molecular flexibility index (Phi) is 5.32. The quantitative estimate of drug-likeness (QED) is 0.789. The zero-order valence-corrected chi connectivity index (χ0v) is 14.2. The first-order chi connectivity index (χ1) is 12.0. The molecule has 8 nitrogen and oxygen atoms in total. The van der Waals surface area contributed by atoms with Crippen molar-refractivity contribution < 1.29 is 9.53 Å². The van der Waals surface area contributed by atoms with Crippen molar-refractivity contribution in [2.75, 3.05) is 24.5 Å². The van der Waals surface area contributed by atoms with E-state index in [-0.39, 0.29) is 27.4 Å². The van der Waals surface area contributed by atoms with Crippen LogP contribution in [0.3, 0.4) is 0 Å². The molecule has 1 aromatic carbocycles. The van der Waals surface area contributed by atoms with Crippen LogP contribution in [0, 0.1) is 22.7 Å². The fourth-order valence-corrected chi connectivity index (χ4v) is 2.79. The average Bonchev–Trinajstić information content (AvgIpc) is 2.64. The first-order valence-electron chi connectivity index (χ1n) is 6.86. The van der Waals surface area contributed by atoms with Gasteiger partial charge in [0, 0.05) is 5.56 Å². The van der Waals surface area contributed by atoms with Crippen LogP contribution in [0.15, 0.2) is 34.0 Å². The van der Waals surface area contributed by atoms with Gasteiger partial charge < -0.3 is 10.5 Å². The number of carbonyl (C=O) groups is 1. The first kappa shape index (κ1) is 17.9. The molecule has 2 rings (SSSR count). The van der Waals surface area contributed by atoms with Crippen LogP contribution in [0.1, 0.15) is 21.5 Å². The van der Waals surface area contributed by atoms with Crippen molar-refractivity contribution in [2.24, 2.45) is 0 Å². The van der Waals surface area contributed by atoms with Gasteiger partial charge >= 0.3 is 0 Å². The van der Waals surface area contributed by atoms with E-state index in [2.05, 4.69) is 5.43 Å². The summed E-state index contributed by atoms with van der Waals surface area (Å²) < 4.78 is 5.72. The Labute approximate surface area is 147 Å². The highest BCUT2D eigenvalue weighted by atomic mass is 32.2. The summed E-state index contributed by atoms with van der Waals surface area (Å²) in [5.41, 5.74) is 7.32. The van der Waals surface area contributed by atoms with Crippen molar-refractivity contribution in [3.63, 3.8) is 0 Å². The molecule has 3 N–H and O–H groups in total. The van der Waals surface area contributed by atoms with E-state index in [1.807, 2.05) is 6.07 Å². The summed E-state index contributed by atoms with van der Waals surface area (Å²) in [7, 11) is 1.50. The second-order valence-corrected chi connectivity index (χ2v) is 5.52. The van der Waals surface area contributed by atoms with Gasteiger partial charge in [0.25, 0.3) is 11.5 Å². The van der Waals surface area contributed by atoms with E-state index in [1.54, 1.807) is 24.5 Å². The van der Waals surface area contributed by atoms with Crippen molar-refractivity contribution in [1.82, 2.24) is 4.68 Å². The second-order valence-electron chi connectivity index (χ2n) is 4.70. The number of pyridine rings is 1. The normalized spacial score (nSPS) is 9.76. The van der Waals surface area contributed by atoms with E-state index in [0.29, 0.717) is 10.4 Å². The fraction of sp³-hybridized carbons (Fsp3) is 0.125. The first-order valence-corrected chi connectivity index (χ1v) is 8.09. The van der Waals surface area contributed by atoms with Crippen molar-refractivity contribution in [3.05, 3.63) is 51.3 Å². The number of anilines is 1. The largest absolute Gasteiger partial charge is 0.497 e. The van der Waals surface area contributed by atoms with Gasteiger partial charge in [-0.1, -0.05) is 0 Å². The molecule has 0 aliphatic rings. The highest BCUT2D eigenvalue weighted by Gasteiger charge is 2.21. The molecular formula is C16H13N5O3S. The van der Waals surface area contributed by atoms with Gasteiger partial charge in [0.15, 0.2) is 0 Å². The Morgan fingerprint density at radius 2 is 1.84 bits per heavy atom. The standard InChI is InChI=1S/C16H13N5O3S/c1-24-10-5-3-9(4-6-10)15(22)20-21-14(19)11(7-17)13(25-2)12(8-18)16(21)23/h3-6H,19H2,1-2H3,(H,20,22). The molecule has 0 aliphatic heterocycles. The molecular weight excluding hydrogens is 342 g/mol. The molecule has 9 heteroatoms. The number of nitrogens with zero attached hydrogens (tertiary/aromatic N) is 3. The molecule has 0 atom stereocenters. The minimum Gasteiger partial charge on any atom is -0.497 e. The summed E-state index contributed by atoms with van der Waals surface area (Å²) in [6.07, 6.45) is 1.62. The second kappa shape index (κ2) is 7.43. The molecule has 0 radical (unpaired) electrons. The molecule has 1 heterocycles. The number of nitriles is 2. The number of benzene rings is 1. The molecule has 0 spiro atoms. The number of nitrogen functional groups attached to an aromatic ring is 1. The molecule has 126 valence electrons. The predicted octanol–water partition coefficient (Wildman–Crippen LogP) is 1.29. The molecule has 0 fully saturated rings. The van der Waals surface area contributed by atoms with Crippen LogP contribution in [0.5, 0.6) is 5.75 Å². The van der Waals surface area contributed by atoms with Gasteiger partial charge in [-0.05, 0) is 30.5 Å². The van der Waals surface area contributed by atoms with Gasteiger partial charge in [0.1, 0.15) is 34.8 Å². The van der Waals surface area contributed by atoms with Gasteiger partial charge in [-0.25, -0.2) is 0 Å². The number of amides is 1. The average molecular weight is 355 g/mol. The van der Waals surface area contributed by atoms with Crippen LogP contribution < -0.4 is 21.5 Å². The van der Waals surface area contributed by atoms with Crippen LogP contribution in [0.2, 0.25) is 0 Å². The maximum Gasteiger partial charge on any atom is 0.290 e. The molecule has 0 bridgehead atoms. The van der Waals surface area contributed by atoms with E-state index < -0.39 is 11.5 Å². The third kappa shape index (κ3) is 3.27. The van der Waals surface area contributed by atoms with Gasteiger partial charge in [-0.2, -0.15) is 15.2 Å². The Morgan fingerprint density at radius 3 is 2.32 bits per heavy atom. The van der Waals surface area contributed by atoms with Gasteiger partial charge in [0.05, 0.1) is 12.0 Å². The zero-order valence-electron chi connectivity index (χ0n) is 13.4. The number of rotatable bonds is 4. The Balaban J connectivity index is 2.52. The lowest BCUT2D eigenvalue weighted by Crippen LogP contribution is -2.37. The van der Waals surface area contributed by atoms with Crippen LogP contribution in [-0.4, -0.2) is 23.9 Å². The monoisotopic (exact) mass is 355 g/mol. The van der Waals surface area contributed by atoms with Crippen molar-refractivity contribution in [2.45, 2.75) is 4.90 Å². The Bertz CT molecular complexity index is 968. The maximum atomic E-state index is 12.4. The van der Waals surface area contributed by atoms with Gasteiger partial charge in [0.2, 0.25) is 0 Å². The summed E-state index contributed by atoms with van der Waals surface area (Å²) in [4.78, 5) is 25.0. The van der Waals surface area contributed by atoms with E-state index >= 15 is 0 Å². The number of thioether (sulfide) groups is 1. The highest BCUT2D eigenvalue weighted by Crippen LogP contribution is 2.25. The molecule has 1 aromatic heterocycles. The number of nitrogens with one attached hydrogen (secondary N) is 1. The molecule has 0 saturated heterocycles. The van der Waals surface area contributed by atoms with Crippen LogP contribution in [0.25, 0.3) is 0 Å². The minimum absolute atomic E-state index is 0.0429. The Morgan fingerprint density at radius 1 is 1.24 bits per heavy atom. The zero-order chi connectivity index (χ0) is 18.6. The SMILES string of the molecule is COc1ccc(C(=O)Nn2c(N)c(C#N)c(SC)c(C#N)c2=O)cc1. The minimum atomic E-state index is -0.801. The highest BCUT2D eigenvalue weighted by molar-refractivity contribution is 7.98. The van der Waals surface area contributed by atoms with E-state index in [9.17, 15) is 20.1 Å². The van der Waals surface area contributed by atoms with E-state index in [1.165, 1.54) is 19.2 Å². The van der Waals surface area contributed by atoms with Crippen molar-refractivity contribution in [3.8, 4) is 17.9 Å². The number of nitrogens with two attached hydrogens (primary N) is 1. The number of hydrogen-bond donors (Lipinski definition) is 2. The number of methoxy groups -OCH3 is 1.